The van der Waals surface area contributed by atoms with Gasteiger partial charge in [0.25, 0.3) is 0 Å². The van der Waals surface area contributed by atoms with Gasteiger partial charge in [0.05, 0.1) is 6.04 Å². The van der Waals surface area contributed by atoms with E-state index in [9.17, 15) is 0 Å². The quantitative estimate of drug-likeness (QED) is 0.852. The minimum absolute atomic E-state index is 0.495. The lowest BCUT2D eigenvalue weighted by atomic mass is 10.2. The molecule has 2 heterocycles. The zero-order valence-electron chi connectivity index (χ0n) is 12.1. The molecule has 1 aliphatic rings. The van der Waals surface area contributed by atoms with Gasteiger partial charge in [0.15, 0.2) is 0 Å². The van der Waals surface area contributed by atoms with Gasteiger partial charge in [0.1, 0.15) is 0 Å². The summed E-state index contributed by atoms with van der Waals surface area (Å²) in [6.07, 6.45) is 2.65. The third kappa shape index (κ3) is 3.86. The van der Waals surface area contributed by atoms with Crippen LogP contribution in [-0.4, -0.2) is 24.5 Å². The summed E-state index contributed by atoms with van der Waals surface area (Å²) in [5, 5.41) is 6.61. The van der Waals surface area contributed by atoms with Gasteiger partial charge >= 0.3 is 0 Å². The molecule has 0 radical (unpaired) electrons. The fourth-order valence-corrected chi connectivity index (χ4v) is 3.99. The molecular weight excluding hydrogens is 300 g/mol. The van der Waals surface area contributed by atoms with Crippen molar-refractivity contribution in [2.24, 2.45) is 0 Å². The van der Waals surface area contributed by atoms with Crippen LogP contribution in [0.1, 0.15) is 29.3 Å². The second-order valence-electron chi connectivity index (χ2n) is 5.50. The van der Waals surface area contributed by atoms with Gasteiger partial charge in [-0.15, -0.1) is 11.3 Å². The Kier molecular flexibility index (Phi) is 5.31. The summed E-state index contributed by atoms with van der Waals surface area (Å²) < 4.78 is 0. The van der Waals surface area contributed by atoms with Gasteiger partial charge in [-0.1, -0.05) is 35.9 Å². The first-order valence-electron chi connectivity index (χ1n) is 7.56. The Bertz CT molecular complexity index is 550. The third-order valence-electron chi connectivity index (χ3n) is 4.06. The highest BCUT2D eigenvalue weighted by atomic mass is 35.5. The van der Waals surface area contributed by atoms with Crippen molar-refractivity contribution in [1.29, 1.82) is 0 Å². The lowest BCUT2D eigenvalue weighted by Gasteiger charge is -2.27. The Morgan fingerprint density at radius 2 is 1.95 bits per heavy atom. The Morgan fingerprint density at radius 1 is 1.14 bits per heavy atom. The Labute approximate surface area is 135 Å². The Morgan fingerprint density at radius 3 is 2.67 bits per heavy atom. The summed E-state index contributed by atoms with van der Waals surface area (Å²) >= 11 is 8.08. The van der Waals surface area contributed by atoms with Gasteiger partial charge in [0.2, 0.25) is 0 Å². The van der Waals surface area contributed by atoms with E-state index in [0.717, 1.165) is 18.1 Å². The monoisotopic (exact) mass is 320 g/mol. The van der Waals surface area contributed by atoms with E-state index >= 15 is 0 Å². The fraction of sp³-hybridized carbons (Fsp3) is 0.412. The standard InChI is InChI=1S/C17H21ClN2S/c18-15-7-2-1-6-14(15)12-19-13-16(17-8-5-11-21-17)20-9-3-4-10-20/h1-2,5-8,11,16,19H,3-4,9-10,12-13H2. The maximum absolute atomic E-state index is 6.22. The number of benzene rings is 1. The molecule has 2 nitrogen and oxygen atoms in total. The summed E-state index contributed by atoms with van der Waals surface area (Å²) in [5.74, 6) is 0. The van der Waals surface area contributed by atoms with Crippen LogP contribution >= 0.6 is 22.9 Å². The number of likely N-dealkylation sites (tertiary alicyclic amines) is 1. The number of nitrogens with one attached hydrogen (secondary N) is 1. The number of nitrogens with zero attached hydrogens (tertiary/aromatic N) is 1. The van der Waals surface area contributed by atoms with Gasteiger partial charge in [-0.2, -0.15) is 0 Å². The van der Waals surface area contributed by atoms with Gasteiger partial charge in [-0.25, -0.2) is 0 Å². The molecule has 21 heavy (non-hydrogen) atoms. The van der Waals surface area contributed by atoms with E-state index < -0.39 is 0 Å². The number of hydrogen-bond acceptors (Lipinski definition) is 3. The average molecular weight is 321 g/mol. The number of thiophene rings is 1. The molecule has 2 aromatic rings. The zero-order chi connectivity index (χ0) is 14.5. The normalized spacial score (nSPS) is 17.2. The second-order valence-corrected chi connectivity index (χ2v) is 6.88. The maximum Gasteiger partial charge on any atom is 0.0566 e. The van der Waals surface area contributed by atoms with Crippen LogP contribution < -0.4 is 5.32 Å². The summed E-state index contributed by atoms with van der Waals surface area (Å²) in [6.45, 7) is 4.24. The van der Waals surface area contributed by atoms with E-state index in [1.54, 1.807) is 0 Å². The summed E-state index contributed by atoms with van der Waals surface area (Å²) in [6, 6.07) is 13.0. The predicted molar refractivity (Wildman–Crippen MR) is 91.0 cm³/mol. The smallest absolute Gasteiger partial charge is 0.0566 e. The van der Waals surface area contributed by atoms with E-state index in [-0.39, 0.29) is 0 Å². The predicted octanol–water partition coefficient (Wildman–Crippen LogP) is 4.33. The summed E-state index contributed by atoms with van der Waals surface area (Å²) in [4.78, 5) is 4.06. The van der Waals surface area contributed by atoms with Crippen molar-refractivity contribution in [3.8, 4) is 0 Å². The molecule has 1 aromatic heterocycles. The van der Waals surface area contributed by atoms with Crippen LogP contribution in [-0.2, 0) is 6.54 Å². The minimum Gasteiger partial charge on any atom is -0.311 e. The van der Waals surface area contributed by atoms with Crippen LogP contribution in [0.5, 0.6) is 0 Å². The van der Waals surface area contributed by atoms with Gasteiger partial charge in [0, 0.05) is 23.0 Å². The highest BCUT2D eigenvalue weighted by Gasteiger charge is 2.23. The van der Waals surface area contributed by atoms with Crippen molar-refractivity contribution in [2.45, 2.75) is 25.4 Å². The van der Waals surface area contributed by atoms with Crippen molar-refractivity contribution in [3.05, 3.63) is 57.2 Å². The van der Waals surface area contributed by atoms with Crippen LogP contribution in [0.15, 0.2) is 41.8 Å². The molecule has 1 atom stereocenters. The molecule has 0 saturated carbocycles. The van der Waals surface area contributed by atoms with Crippen molar-refractivity contribution in [1.82, 2.24) is 10.2 Å². The maximum atomic E-state index is 6.22. The average Bonchev–Trinajstić information content (AvgIpc) is 3.19. The fourth-order valence-electron chi connectivity index (χ4n) is 2.93. The topological polar surface area (TPSA) is 15.3 Å². The molecule has 0 spiro atoms. The molecule has 0 amide bonds. The lowest BCUT2D eigenvalue weighted by molar-refractivity contribution is 0.242. The molecule has 1 aromatic carbocycles. The number of rotatable bonds is 6. The molecule has 1 saturated heterocycles. The lowest BCUT2D eigenvalue weighted by Crippen LogP contribution is -2.33. The molecule has 0 bridgehead atoms. The van der Waals surface area contributed by atoms with E-state index in [0.29, 0.717) is 6.04 Å². The van der Waals surface area contributed by atoms with Gasteiger partial charge in [-0.3, -0.25) is 4.90 Å². The molecule has 0 aliphatic carbocycles. The van der Waals surface area contributed by atoms with Crippen molar-refractivity contribution in [2.75, 3.05) is 19.6 Å². The summed E-state index contributed by atoms with van der Waals surface area (Å²) in [5.41, 5.74) is 1.17. The first kappa shape index (κ1) is 15.0. The van der Waals surface area contributed by atoms with Crippen LogP contribution in [0.25, 0.3) is 0 Å². The Balaban J connectivity index is 1.61. The van der Waals surface area contributed by atoms with Crippen LogP contribution in [0.2, 0.25) is 5.02 Å². The van der Waals surface area contributed by atoms with Crippen LogP contribution in [0, 0.1) is 0 Å². The first-order valence-corrected chi connectivity index (χ1v) is 8.82. The van der Waals surface area contributed by atoms with Crippen LogP contribution in [0.3, 0.4) is 0 Å². The first-order chi connectivity index (χ1) is 10.3. The molecule has 1 aliphatic heterocycles. The second kappa shape index (κ2) is 7.41. The molecule has 1 fully saturated rings. The molecule has 112 valence electrons. The van der Waals surface area contributed by atoms with Crippen LogP contribution in [0.4, 0.5) is 0 Å². The van der Waals surface area contributed by atoms with Crippen molar-refractivity contribution < 1.29 is 0 Å². The number of halogens is 1. The van der Waals surface area contributed by atoms with Crippen molar-refractivity contribution >= 4 is 22.9 Å². The van der Waals surface area contributed by atoms with E-state index in [4.69, 9.17) is 11.6 Å². The van der Waals surface area contributed by atoms with E-state index in [1.807, 2.05) is 29.5 Å². The highest BCUT2D eigenvalue weighted by molar-refractivity contribution is 7.10. The van der Waals surface area contributed by atoms with Gasteiger partial charge < -0.3 is 5.32 Å². The minimum atomic E-state index is 0.495. The third-order valence-corrected chi connectivity index (χ3v) is 5.41. The largest absolute Gasteiger partial charge is 0.311 e. The molecular formula is C17H21ClN2S. The SMILES string of the molecule is Clc1ccccc1CNCC(c1cccs1)N1CCCC1. The van der Waals surface area contributed by atoms with Crippen molar-refractivity contribution in [3.63, 3.8) is 0 Å². The molecule has 3 rings (SSSR count). The highest BCUT2D eigenvalue weighted by Crippen LogP contribution is 2.28. The summed E-state index contributed by atoms with van der Waals surface area (Å²) in [7, 11) is 0. The number of hydrogen-bond donors (Lipinski definition) is 1. The zero-order valence-corrected chi connectivity index (χ0v) is 13.7. The van der Waals surface area contributed by atoms with E-state index in [1.165, 1.54) is 36.4 Å². The Hall–Kier alpha value is -0.870. The molecule has 1 N–H and O–H groups in total. The molecule has 4 heteroatoms. The molecule has 1 unspecified atom stereocenters. The van der Waals surface area contributed by atoms with Gasteiger partial charge in [-0.05, 0) is 49.0 Å². The van der Waals surface area contributed by atoms with E-state index in [2.05, 4.69) is 33.8 Å².